The minimum absolute atomic E-state index is 0.0460. The second-order valence-electron chi connectivity index (χ2n) is 6.94. The Hall–Kier alpha value is -1.40. The van der Waals surface area contributed by atoms with Gasteiger partial charge >= 0.3 is 0 Å². The van der Waals surface area contributed by atoms with Crippen molar-refractivity contribution in [2.75, 3.05) is 25.9 Å². The van der Waals surface area contributed by atoms with E-state index < -0.39 is 10.0 Å². The van der Waals surface area contributed by atoms with Crippen LogP contribution in [0.4, 0.5) is 0 Å². The molecule has 6 heteroatoms. The van der Waals surface area contributed by atoms with Crippen LogP contribution in [0.1, 0.15) is 38.2 Å². The van der Waals surface area contributed by atoms with Gasteiger partial charge in [-0.1, -0.05) is 44.2 Å². The molecule has 24 heavy (non-hydrogen) atoms. The molecule has 1 amide bonds. The molecule has 1 N–H and O–H groups in total. The first-order valence-electron chi connectivity index (χ1n) is 8.57. The van der Waals surface area contributed by atoms with Gasteiger partial charge in [0.25, 0.3) is 0 Å². The highest BCUT2D eigenvalue weighted by molar-refractivity contribution is 7.88. The van der Waals surface area contributed by atoms with Gasteiger partial charge in [-0.15, -0.1) is 0 Å². The molecule has 1 fully saturated rings. The van der Waals surface area contributed by atoms with Crippen LogP contribution >= 0.6 is 0 Å². The maximum atomic E-state index is 12.4. The molecule has 0 aliphatic carbocycles. The molecule has 5 nitrogen and oxygen atoms in total. The molecular weight excluding hydrogens is 324 g/mol. The first-order valence-corrected chi connectivity index (χ1v) is 10.4. The number of sulfonamides is 1. The number of piperidine rings is 1. The van der Waals surface area contributed by atoms with Gasteiger partial charge in [0.1, 0.15) is 0 Å². The minimum Gasteiger partial charge on any atom is -0.355 e. The van der Waals surface area contributed by atoms with Gasteiger partial charge in [0.15, 0.2) is 0 Å². The van der Waals surface area contributed by atoms with E-state index in [1.807, 2.05) is 18.2 Å². The second-order valence-corrected chi connectivity index (χ2v) is 8.93. The molecule has 1 aliphatic rings. The van der Waals surface area contributed by atoms with E-state index in [2.05, 4.69) is 31.3 Å². The summed E-state index contributed by atoms with van der Waals surface area (Å²) in [5.41, 5.74) is 1.24. The average molecular weight is 353 g/mol. The van der Waals surface area contributed by atoms with Crippen molar-refractivity contribution >= 4 is 15.9 Å². The van der Waals surface area contributed by atoms with E-state index in [9.17, 15) is 13.2 Å². The second kappa shape index (κ2) is 8.12. The summed E-state index contributed by atoms with van der Waals surface area (Å²) in [7, 11) is -3.15. The predicted molar refractivity (Wildman–Crippen MR) is 96.2 cm³/mol. The lowest BCUT2D eigenvalue weighted by Crippen LogP contribution is -2.43. The van der Waals surface area contributed by atoms with Crippen molar-refractivity contribution in [3.8, 4) is 0 Å². The van der Waals surface area contributed by atoms with Crippen LogP contribution in [-0.2, 0) is 14.8 Å². The van der Waals surface area contributed by atoms with E-state index in [1.165, 1.54) is 16.1 Å². The number of benzene rings is 1. The number of rotatable bonds is 6. The predicted octanol–water partition coefficient (Wildman–Crippen LogP) is 2.21. The zero-order valence-electron chi connectivity index (χ0n) is 14.7. The van der Waals surface area contributed by atoms with Gasteiger partial charge in [-0.2, -0.15) is 0 Å². The average Bonchev–Trinajstić information content (AvgIpc) is 2.55. The van der Waals surface area contributed by atoms with Gasteiger partial charge in [0.05, 0.1) is 6.26 Å². The summed E-state index contributed by atoms with van der Waals surface area (Å²) in [6.45, 7) is 5.81. The van der Waals surface area contributed by atoms with Gasteiger partial charge in [0.2, 0.25) is 15.9 Å². The van der Waals surface area contributed by atoms with Crippen molar-refractivity contribution in [3.05, 3.63) is 35.9 Å². The van der Waals surface area contributed by atoms with E-state index in [-0.39, 0.29) is 17.7 Å². The van der Waals surface area contributed by atoms with Gasteiger partial charge in [-0.05, 0) is 24.3 Å². The lowest BCUT2D eigenvalue weighted by Gasteiger charge is -2.30. The van der Waals surface area contributed by atoms with E-state index in [0.29, 0.717) is 38.4 Å². The van der Waals surface area contributed by atoms with Gasteiger partial charge in [-0.3, -0.25) is 4.79 Å². The van der Waals surface area contributed by atoms with Crippen molar-refractivity contribution < 1.29 is 13.2 Å². The van der Waals surface area contributed by atoms with E-state index >= 15 is 0 Å². The number of carbonyl (C=O) groups is 1. The van der Waals surface area contributed by atoms with Crippen LogP contribution in [0.25, 0.3) is 0 Å². The Balaban J connectivity index is 1.88. The molecule has 0 saturated carbocycles. The molecule has 1 heterocycles. The first-order chi connectivity index (χ1) is 11.3. The van der Waals surface area contributed by atoms with Crippen LogP contribution in [0.15, 0.2) is 30.3 Å². The summed E-state index contributed by atoms with van der Waals surface area (Å²) in [5, 5.41) is 3.08. The Kier molecular flexibility index (Phi) is 6.40. The molecule has 1 atom stereocenters. The third-order valence-corrected chi connectivity index (χ3v) is 6.13. The van der Waals surface area contributed by atoms with Crippen LogP contribution in [0.2, 0.25) is 0 Å². The molecule has 0 bridgehead atoms. The highest BCUT2D eigenvalue weighted by Gasteiger charge is 2.29. The summed E-state index contributed by atoms with van der Waals surface area (Å²) in [6.07, 6.45) is 2.41. The third kappa shape index (κ3) is 5.05. The zero-order valence-corrected chi connectivity index (χ0v) is 15.6. The number of nitrogens with one attached hydrogen (secondary N) is 1. The van der Waals surface area contributed by atoms with Crippen LogP contribution in [-0.4, -0.2) is 44.5 Å². The summed E-state index contributed by atoms with van der Waals surface area (Å²) < 4.78 is 24.5. The molecule has 1 aliphatic heterocycles. The fraction of sp³-hybridized carbons (Fsp3) is 0.611. The van der Waals surface area contributed by atoms with Gasteiger partial charge in [-0.25, -0.2) is 12.7 Å². The van der Waals surface area contributed by atoms with Crippen molar-refractivity contribution in [3.63, 3.8) is 0 Å². The van der Waals surface area contributed by atoms with Crippen LogP contribution in [0.5, 0.6) is 0 Å². The number of carbonyl (C=O) groups excluding carboxylic acids is 1. The van der Waals surface area contributed by atoms with Gasteiger partial charge in [0, 0.05) is 31.5 Å². The summed E-state index contributed by atoms with van der Waals surface area (Å²) in [4.78, 5) is 12.4. The monoisotopic (exact) mass is 352 g/mol. The maximum Gasteiger partial charge on any atom is 0.223 e. The van der Waals surface area contributed by atoms with Crippen molar-refractivity contribution in [1.82, 2.24) is 9.62 Å². The Morgan fingerprint density at radius 1 is 1.21 bits per heavy atom. The minimum atomic E-state index is -3.15. The number of nitrogens with zero attached hydrogens (tertiary/aromatic N) is 1. The summed E-state index contributed by atoms with van der Waals surface area (Å²) in [5.74, 6) is 0.669. The molecule has 1 saturated heterocycles. The highest BCUT2D eigenvalue weighted by atomic mass is 32.2. The van der Waals surface area contributed by atoms with Crippen LogP contribution in [0.3, 0.4) is 0 Å². The molecule has 1 unspecified atom stereocenters. The van der Waals surface area contributed by atoms with Gasteiger partial charge < -0.3 is 5.32 Å². The molecule has 0 radical (unpaired) electrons. The van der Waals surface area contributed by atoms with E-state index in [1.54, 1.807) is 0 Å². The van der Waals surface area contributed by atoms with Crippen LogP contribution < -0.4 is 5.32 Å². The fourth-order valence-electron chi connectivity index (χ4n) is 3.24. The normalized spacial score (nSPS) is 18.5. The third-order valence-electron chi connectivity index (χ3n) is 4.82. The first kappa shape index (κ1) is 18.9. The molecule has 1 aromatic rings. The lowest BCUT2D eigenvalue weighted by atomic mass is 9.88. The zero-order chi connectivity index (χ0) is 17.7. The van der Waals surface area contributed by atoms with Crippen molar-refractivity contribution in [2.45, 2.75) is 32.6 Å². The Labute approximate surface area is 145 Å². The molecule has 0 spiro atoms. The number of hydrogen-bond acceptors (Lipinski definition) is 3. The van der Waals surface area contributed by atoms with Crippen molar-refractivity contribution in [2.24, 2.45) is 11.8 Å². The molecule has 0 aromatic heterocycles. The lowest BCUT2D eigenvalue weighted by molar-refractivity contribution is -0.126. The van der Waals surface area contributed by atoms with E-state index in [0.717, 1.165) is 0 Å². The summed E-state index contributed by atoms with van der Waals surface area (Å²) >= 11 is 0. The quantitative estimate of drug-likeness (QED) is 0.854. The smallest absolute Gasteiger partial charge is 0.223 e. The molecule has 2 rings (SSSR count). The fourth-order valence-corrected chi connectivity index (χ4v) is 4.12. The Bertz CT molecular complexity index is 635. The topological polar surface area (TPSA) is 66.5 Å². The van der Waals surface area contributed by atoms with Crippen molar-refractivity contribution in [1.29, 1.82) is 0 Å². The standard InChI is InChI=1S/C18H28N2O3S/c1-14(2)17(15-7-5-4-6-8-15)13-19-18(21)16-9-11-20(12-10-16)24(3,22)23/h4-8,14,16-17H,9-13H2,1-3H3,(H,19,21). The van der Waals surface area contributed by atoms with E-state index in [4.69, 9.17) is 0 Å². The largest absolute Gasteiger partial charge is 0.355 e. The number of amides is 1. The molecule has 134 valence electrons. The maximum absolute atomic E-state index is 12.4. The Morgan fingerprint density at radius 2 is 1.79 bits per heavy atom. The SMILES string of the molecule is CC(C)C(CNC(=O)C1CCN(S(C)(=O)=O)CC1)c1ccccc1. The highest BCUT2D eigenvalue weighted by Crippen LogP contribution is 2.24. The Morgan fingerprint density at radius 3 is 2.29 bits per heavy atom. The van der Waals surface area contributed by atoms with Crippen LogP contribution in [0, 0.1) is 11.8 Å². The number of hydrogen-bond donors (Lipinski definition) is 1. The summed E-state index contributed by atoms with van der Waals surface area (Å²) in [6, 6.07) is 10.2. The molecule has 1 aromatic carbocycles. The molecular formula is C18H28N2O3S.